The zero-order valence-corrected chi connectivity index (χ0v) is 17.9. The van der Waals surface area contributed by atoms with Crippen molar-refractivity contribution in [1.82, 2.24) is 24.9 Å². The van der Waals surface area contributed by atoms with Gasteiger partial charge in [-0.05, 0) is 43.8 Å². The molecule has 4 aromatic rings. The largest absolute Gasteiger partial charge is 0.348 e. The van der Waals surface area contributed by atoms with Crippen molar-refractivity contribution in [2.45, 2.75) is 19.9 Å². The smallest absolute Gasteiger partial charge is 0.314 e. The summed E-state index contributed by atoms with van der Waals surface area (Å²) in [5, 5.41) is 9.08. The molecule has 148 valence electrons. The second-order valence-electron chi connectivity index (χ2n) is 6.87. The van der Waals surface area contributed by atoms with Crippen LogP contribution in [-0.2, 0) is 6.54 Å². The molecule has 5 rings (SSSR count). The first kappa shape index (κ1) is 18.5. The fourth-order valence-electron chi connectivity index (χ4n) is 3.41. The van der Waals surface area contributed by atoms with E-state index in [0.717, 1.165) is 46.1 Å². The molecule has 1 aromatic carbocycles. The molecule has 4 heterocycles. The molecule has 10 heteroatoms. The molecule has 29 heavy (non-hydrogen) atoms. The molecule has 0 unspecified atom stereocenters. The van der Waals surface area contributed by atoms with E-state index >= 15 is 0 Å². The molecule has 0 radical (unpaired) electrons. The summed E-state index contributed by atoms with van der Waals surface area (Å²) in [6, 6.07) is 5.89. The summed E-state index contributed by atoms with van der Waals surface area (Å²) < 4.78 is 8.01. The van der Waals surface area contributed by atoms with Crippen molar-refractivity contribution in [1.29, 1.82) is 0 Å². The van der Waals surface area contributed by atoms with Crippen LogP contribution >= 0.6 is 35.2 Å². The van der Waals surface area contributed by atoms with Crippen LogP contribution in [-0.4, -0.2) is 38.0 Å². The van der Waals surface area contributed by atoms with Gasteiger partial charge >= 0.3 is 4.84 Å². The van der Waals surface area contributed by atoms with E-state index in [4.69, 9.17) is 33.3 Å². The van der Waals surface area contributed by atoms with Crippen LogP contribution in [0.15, 0.2) is 34.9 Å². The molecule has 0 saturated carbocycles. The summed E-state index contributed by atoms with van der Waals surface area (Å²) in [6.45, 7) is 4.44. The van der Waals surface area contributed by atoms with E-state index in [0.29, 0.717) is 23.1 Å². The lowest BCUT2D eigenvalue weighted by atomic mass is 10.2. The number of hydrogen-bond acceptors (Lipinski definition) is 7. The quantitative estimate of drug-likeness (QED) is 0.353. The summed E-state index contributed by atoms with van der Waals surface area (Å²) in [7, 11) is 0. The van der Waals surface area contributed by atoms with Gasteiger partial charge in [0.05, 0.1) is 16.8 Å². The molecular weight excluding hydrogens is 428 g/mol. The number of anilines is 1. The number of thiazole rings is 1. The van der Waals surface area contributed by atoms with Crippen molar-refractivity contribution in [2.24, 2.45) is 0 Å². The molecule has 0 amide bonds. The van der Waals surface area contributed by atoms with Gasteiger partial charge in [-0.1, -0.05) is 35.1 Å². The van der Waals surface area contributed by atoms with Gasteiger partial charge in [-0.25, -0.2) is 4.98 Å². The van der Waals surface area contributed by atoms with Crippen molar-refractivity contribution in [3.05, 3.63) is 51.5 Å². The predicted molar refractivity (Wildman–Crippen MR) is 117 cm³/mol. The van der Waals surface area contributed by atoms with Gasteiger partial charge in [-0.3, -0.25) is 4.68 Å². The number of fused-ring (bicyclic) bond motifs is 1. The number of benzene rings is 1. The minimum atomic E-state index is 0.159. The second-order valence-corrected chi connectivity index (χ2v) is 8.67. The Hall–Kier alpha value is -2.49. The predicted octanol–water partition coefficient (Wildman–Crippen LogP) is 4.98. The minimum absolute atomic E-state index is 0.159. The minimum Gasteiger partial charge on any atom is -0.348 e. The summed E-state index contributed by atoms with van der Waals surface area (Å²) in [5.74, 6) is 0.516. The topological polar surface area (TPSA) is 75.8 Å². The highest BCUT2D eigenvalue weighted by atomic mass is 35.5. The molecular formula is C19H17ClN6OS2. The first-order valence-electron chi connectivity index (χ1n) is 9.16. The zero-order valence-electron chi connectivity index (χ0n) is 15.6. The average molecular weight is 445 g/mol. The third-order valence-corrected chi connectivity index (χ3v) is 6.29. The molecule has 0 spiro atoms. The Kier molecular flexibility index (Phi) is 4.73. The van der Waals surface area contributed by atoms with Crippen molar-refractivity contribution in [3.8, 4) is 11.5 Å². The Morgan fingerprint density at radius 1 is 1.28 bits per heavy atom. The molecule has 0 saturated heterocycles. The summed E-state index contributed by atoms with van der Waals surface area (Å²) >= 11 is 13.0. The van der Waals surface area contributed by atoms with E-state index in [1.165, 1.54) is 0 Å². The lowest BCUT2D eigenvalue weighted by molar-refractivity contribution is 0.406. The van der Waals surface area contributed by atoms with Crippen LogP contribution in [0.25, 0.3) is 21.7 Å². The summed E-state index contributed by atoms with van der Waals surface area (Å²) in [6.07, 6.45) is 5.45. The van der Waals surface area contributed by atoms with Crippen LogP contribution in [0, 0.1) is 11.8 Å². The van der Waals surface area contributed by atoms with E-state index in [1.807, 2.05) is 29.8 Å². The van der Waals surface area contributed by atoms with Gasteiger partial charge in [0.15, 0.2) is 11.0 Å². The first-order valence-corrected chi connectivity index (χ1v) is 10.8. The van der Waals surface area contributed by atoms with Crippen LogP contribution in [0.2, 0.25) is 5.02 Å². The van der Waals surface area contributed by atoms with E-state index in [9.17, 15) is 0 Å². The van der Waals surface area contributed by atoms with E-state index in [2.05, 4.69) is 32.3 Å². The molecule has 1 aliphatic heterocycles. The maximum absolute atomic E-state index is 6.41. The molecule has 0 aliphatic carbocycles. The number of rotatable bonds is 4. The number of aromatic amines is 1. The highest BCUT2D eigenvalue weighted by molar-refractivity contribution is 7.71. The van der Waals surface area contributed by atoms with E-state index in [1.54, 1.807) is 11.3 Å². The average Bonchev–Trinajstić information content (AvgIpc) is 3.41. The molecule has 1 N–H and O–H groups in total. The number of halogens is 1. The fraction of sp³-hybridized carbons (Fsp3) is 0.263. The standard InChI is InChI=1S/C19H17ClN6OS2/c1-11-7-14(17-22-19(28)27-24-17)23-26(11)10-12-8-13(20)9-15-16(12)21-18(29-15)25-5-3-2-4-6-25/h2-3,7-9H,4-6,10H2,1H3,(H,22,24,28). The van der Waals surface area contributed by atoms with Gasteiger partial charge < -0.3 is 9.42 Å². The lowest BCUT2D eigenvalue weighted by Gasteiger charge is -2.22. The van der Waals surface area contributed by atoms with Gasteiger partial charge in [0.25, 0.3) is 0 Å². The lowest BCUT2D eigenvalue weighted by Crippen LogP contribution is -2.26. The maximum atomic E-state index is 6.41. The number of aryl methyl sites for hydroxylation is 1. The Bertz CT molecular complexity index is 1280. The van der Waals surface area contributed by atoms with E-state index < -0.39 is 0 Å². The Balaban J connectivity index is 1.51. The highest BCUT2D eigenvalue weighted by Crippen LogP contribution is 2.34. The number of hydrogen-bond donors (Lipinski definition) is 1. The number of aromatic nitrogens is 5. The van der Waals surface area contributed by atoms with Gasteiger partial charge in [-0.2, -0.15) is 15.2 Å². The molecule has 0 fully saturated rings. The van der Waals surface area contributed by atoms with Crippen LogP contribution in [0.5, 0.6) is 0 Å². The molecule has 0 atom stereocenters. The van der Waals surface area contributed by atoms with Gasteiger partial charge in [-0.15, -0.1) is 0 Å². The molecule has 0 bridgehead atoms. The summed E-state index contributed by atoms with van der Waals surface area (Å²) in [5.41, 5.74) is 3.68. The third-order valence-electron chi connectivity index (χ3n) is 4.84. The third kappa shape index (κ3) is 3.61. The number of H-pyrrole nitrogens is 1. The highest BCUT2D eigenvalue weighted by Gasteiger charge is 2.17. The van der Waals surface area contributed by atoms with Crippen LogP contribution < -0.4 is 4.90 Å². The Morgan fingerprint density at radius 3 is 2.93 bits per heavy atom. The second kappa shape index (κ2) is 7.40. The van der Waals surface area contributed by atoms with Gasteiger partial charge in [0.1, 0.15) is 5.69 Å². The zero-order chi connectivity index (χ0) is 20.0. The first-order chi connectivity index (χ1) is 14.1. The van der Waals surface area contributed by atoms with Crippen LogP contribution in [0.1, 0.15) is 17.7 Å². The van der Waals surface area contributed by atoms with Crippen molar-refractivity contribution >= 4 is 50.5 Å². The Morgan fingerprint density at radius 2 is 2.17 bits per heavy atom. The van der Waals surface area contributed by atoms with Gasteiger partial charge in [0, 0.05) is 29.4 Å². The normalized spacial score (nSPS) is 14.2. The van der Waals surface area contributed by atoms with E-state index in [-0.39, 0.29) is 4.84 Å². The van der Waals surface area contributed by atoms with Crippen molar-refractivity contribution in [2.75, 3.05) is 18.0 Å². The number of nitrogens with zero attached hydrogens (tertiary/aromatic N) is 5. The van der Waals surface area contributed by atoms with Crippen molar-refractivity contribution < 1.29 is 4.52 Å². The van der Waals surface area contributed by atoms with Crippen molar-refractivity contribution in [3.63, 3.8) is 0 Å². The Labute approximate surface area is 180 Å². The fourth-order valence-corrected chi connectivity index (χ4v) is 4.93. The maximum Gasteiger partial charge on any atom is 0.314 e. The molecule has 7 nitrogen and oxygen atoms in total. The van der Waals surface area contributed by atoms with Crippen LogP contribution in [0.3, 0.4) is 0 Å². The van der Waals surface area contributed by atoms with Crippen LogP contribution in [0.4, 0.5) is 5.13 Å². The number of nitrogens with one attached hydrogen (secondary N) is 1. The summed E-state index contributed by atoms with van der Waals surface area (Å²) in [4.78, 5) is 11.5. The SMILES string of the molecule is Cc1cc(-c2nc(=S)o[nH]2)nn1Cc1cc(Cl)cc2sc(N3CC=CCC3)nc12. The molecule has 3 aromatic heterocycles. The monoisotopic (exact) mass is 444 g/mol. The van der Waals surface area contributed by atoms with Gasteiger partial charge in [0.2, 0.25) is 0 Å². The molecule has 1 aliphatic rings.